The van der Waals surface area contributed by atoms with Crippen molar-refractivity contribution in [3.8, 4) is 11.1 Å². The number of aryl methyl sites for hydroxylation is 1. The minimum Gasteiger partial charge on any atom is -0.333 e. The van der Waals surface area contributed by atoms with Crippen LogP contribution in [0.3, 0.4) is 0 Å². The number of hydrogen-bond donors (Lipinski definition) is 2. The molecule has 7 heteroatoms. The molecule has 0 atom stereocenters. The van der Waals surface area contributed by atoms with Crippen LogP contribution in [0.15, 0.2) is 42.7 Å². The molecule has 146 valence electrons. The summed E-state index contributed by atoms with van der Waals surface area (Å²) < 4.78 is 17.1. The SMILES string of the molecule is Cn1cnc2cc(-c3ccccc3)c(F)c(C(=O)NNSC3CCCCC3)c21. The van der Waals surface area contributed by atoms with Gasteiger partial charge >= 0.3 is 0 Å². The summed E-state index contributed by atoms with van der Waals surface area (Å²) in [6, 6.07) is 10.9. The fourth-order valence-electron chi connectivity index (χ4n) is 3.74. The smallest absolute Gasteiger partial charge is 0.271 e. The van der Waals surface area contributed by atoms with E-state index >= 15 is 4.39 Å². The number of nitrogens with one attached hydrogen (secondary N) is 2. The molecule has 1 saturated carbocycles. The number of nitrogens with zero attached hydrogens (tertiary/aromatic N) is 2. The molecule has 1 aliphatic rings. The van der Waals surface area contributed by atoms with Crippen molar-refractivity contribution in [1.82, 2.24) is 19.8 Å². The molecule has 0 unspecified atom stereocenters. The third-order valence-electron chi connectivity index (χ3n) is 5.19. The lowest BCUT2D eigenvalue weighted by Gasteiger charge is -2.21. The quantitative estimate of drug-likeness (QED) is 0.487. The van der Waals surface area contributed by atoms with Gasteiger partial charge in [-0.2, -0.15) is 4.83 Å². The predicted molar refractivity (Wildman–Crippen MR) is 111 cm³/mol. The van der Waals surface area contributed by atoms with Gasteiger partial charge in [0.2, 0.25) is 0 Å². The molecule has 5 nitrogen and oxygen atoms in total. The fourth-order valence-corrected chi connectivity index (χ4v) is 4.62. The van der Waals surface area contributed by atoms with Crippen LogP contribution in [0, 0.1) is 5.82 Å². The lowest BCUT2D eigenvalue weighted by molar-refractivity contribution is 0.0944. The van der Waals surface area contributed by atoms with Gasteiger partial charge in [-0.3, -0.25) is 10.2 Å². The van der Waals surface area contributed by atoms with Crippen LogP contribution in [0.4, 0.5) is 4.39 Å². The van der Waals surface area contributed by atoms with Gasteiger partial charge in [-0.15, -0.1) is 0 Å². The van der Waals surface area contributed by atoms with Crippen molar-refractivity contribution >= 4 is 28.9 Å². The number of hydrazine groups is 1. The molecule has 0 spiro atoms. The van der Waals surface area contributed by atoms with Gasteiger partial charge in [-0.25, -0.2) is 9.37 Å². The zero-order valence-electron chi connectivity index (χ0n) is 15.7. The summed E-state index contributed by atoms with van der Waals surface area (Å²) in [4.78, 5) is 20.2. The Morgan fingerprint density at radius 2 is 1.96 bits per heavy atom. The predicted octanol–water partition coefficient (Wildman–Crippen LogP) is 4.59. The molecule has 1 fully saturated rings. The van der Waals surface area contributed by atoms with Gasteiger partial charge in [0.25, 0.3) is 5.91 Å². The number of carbonyl (C=O) groups is 1. The monoisotopic (exact) mass is 398 g/mol. The second kappa shape index (κ2) is 8.32. The standard InChI is InChI=1S/C21H23FN4OS/c1-26-13-23-17-12-16(14-8-4-2-5-9-14)19(22)18(20(17)26)21(27)24-25-28-15-10-6-3-7-11-15/h2,4-5,8-9,12-13,15,25H,3,6-7,10-11H2,1H3,(H,24,27). The maximum Gasteiger partial charge on any atom is 0.271 e. The lowest BCUT2D eigenvalue weighted by Crippen LogP contribution is -2.35. The second-order valence-corrected chi connectivity index (χ2v) is 8.24. The average Bonchev–Trinajstić information content (AvgIpc) is 3.09. The highest BCUT2D eigenvalue weighted by Gasteiger charge is 2.23. The lowest BCUT2D eigenvalue weighted by atomic mass is 10.00. The van der Waals surface area contributed by atoms with E-state index in [9.17, 15) is 4.79 Å². The summed E-state index contributed by atoms with van der Waals surface area (Å²) in [5.41, 5.74) is 4.84. The molecule has 2 aromatic carbocycles. The van der Waals surface area contributed by atoms with Crippen molar-refractivity contribution in [2.45, 2.75) is 37.4 Å². The summed E-state index contributed by atoms with van der Waals surface area (Å²) in [6.07, 6.45) is 7.58. The maximum absolute atomic E-state index is 15.4. The first-order chi connectivity index (χ1) is 13.6. The third kappa shape index (κ3) is 3.77. The number of hydrogen-bond acceptors (Lipinski definition) is 4. The van der Waals surface area contributed by atoms with Gasteiger partial charge in [0.1, 0.15) is 11.4 Å². The van der Waals surface area contributed by atoms with E-state index in [4.69, 9.17) is 0 Å². The second-order valence-electron chi connectivity index (χ2n) is 7.14. The molecule has 1 amide bonds. The first kappa shape index (κ1) is 19.0. The number of amides is 1. The molecular weight excluding hydrogens is 375 g/mol. The van der Waals surface area contributed by atoms with Crippen molar-refractivity contribution in [2.75, 3.05) is 0 Å². The first-order valence-electron chi connectivity index (χ1n) is 9.55. The van der Waals surface area contributed by atoms with E-state index in [-0.39, 0.29) is 5.56 Å². The topological polar surface area (TPSA) is 59.0 Å². The molecule has 0 aliphatic heterocycles. The Bertz CT molecular complexity index is 983. The van der Waals surface area contributed by atoms with Crippen LogP contribution in [0.25, 0.3) is 22.2 Å². The molecular formula is C21H23FN4OS. The number of aromatic nitrogens is 2. The Hall–Kier alpha value is -2.38. The van der Waals surface area contributed by atoms with Crippen LogP contribution >= 0.6 is 11.9 Å². The Morgan fingerprint density at radius 1 is 1.21 bits per heavy atom. The van der Waals surface area contributed by atoms with E-state index in [1.54, 1.807) is 24.0 Å². The summed E-state index contributed by atoms with van der Waals surface area (Å²) >= 11 is 1.51. The normalized spacial score (nSPS) is 15.1. The third-order valence-corrected chi connectivity index (χ3v) is 6.22. The highest BCUT2D eigenvalue weighted by atomic mass is 32.2. The Balaban J connectivity index is 1.63. The van der Waals surface area contributed by atoms with Gasteiger partial charge < -0.3 is 4.57 Å². The van der Waals surface area contributed by atoms with Crippen molar-refractivity contribution < 1.29 is 9.18 Å². The molecule has 3 aromatic rings. The number of rotatable bonds is 5. The highest BCUT2D eigenvalue weighted by molar-refractivity contribution is 7.98. The zero-order valence-corrected chi connectivity index (χ0v) is 16.6. The van der Waals surface area contributed by atoms with Crippen molar-refractivity contribution in [2.24, 2.45) is 7.05 Å². The molecule has 0 saturated heterocycles. The molecule has 2 N–H and O–H groups in total. The fraction of sp³-hybridized carbons (Fsp3) is 0.333. The highest BCUT2D eigenvalue weighted by Crippen LogP contribution is 2.31. The van der Waals surface area contributed by atoms with Gasteiger partial charge in [-0.05, 0) is 24.5 Å². The van der Waals surface area contributed by atoms with E-state index in [1.807, 2.05) is 30.3 Å². The number of carbonyl (C=O) groups excluding carboxylic acids is 1. The van der Waals surface area contributed by atoms with Gasteiger partial charge in [-0.1, -0.05) is 61.5 Å². The molecule has 1 heterocycles. The van der Waals surface area contributed by atoms with E-state index < -0.39 is 11.7 Å². The summed E-state index contributed by atoms with van der Waals surface area (Å²) in [5.74, 6) is -1.03. The van der Waals surface area contributed by atoms with Crippen LogP contribution < -0.4 is 10.3 Å². The van der Waals surface area contributed by atoms with E-state index in [1.165, 1.54) is 31.2 Å². The minimum absolute atomic E-state index is 0.00750. The summed E-state index contributed by atoms with van der Waals surface area (Å²) in [7, 11) is 1.76. The Morgan fingerprint density at radius 3 is 2.71 bits per heavy atom. The minimum atomic E-state index is -0.538. The Labute approximate surface area is 167 Å². The first-order valence-corrected chi connectivity index (χ1v) is 10.4. The maximum atomic E-state index is 15.4. The molecule has 28 heavy (non-hydrogen) atoms. The Kier molecular flexibility index (Phi) is 5.64. The van der Waals surface area contributed by atoms with Crippen molar-refractivity contribution in [1.29, 1.82) is 0 Å². The van der Waals surface area contributed by atoms with Gasteiger partial charge in [0, 0.05) is 17.9 Å². The van der Waals surface area contributed by atoms with Gasteiger partial charge in [0.05, 0.1) is 17.4 Å². The number of benzene rings is 2. The van der Waals surface area contributed by atoms with Crippen LogP contribution in [-0.4, -0.2) is 20.7 Å². The number of imidazole rings is 1. The largest absolute Gasteiger partial charge is 0.333 e. The van der Waals surface area contributed by atoms with Crippen molar-refractivity contribution in [3.63, 3.8) is 0 Å². The number of halogens is 1. The molecule has 0 bridgehead atoms. The van der Waals surface area contributed by atoms with Crippen LogP contribution in [0.1, 0.15) is 42.5 Å². The van der Waals surface area contributed by atoms with Crippen molar-refractivity contribution in [3.05, 3.63) is 54.1 Å². The van der Waals surface area contributed by atoms with E-state index in [0.29, 0.717) is 27.4 Å². The van der Waals surface area contributed by atoms with Crippen LogP contribution in [0.5, 0.6) is 0 Å². The average molecular weight is 399 g/mol. The molecule has 1 aromatic heterocycles. The zero-order chi connectivity index (χ0) is 19.5. The molecule has 0 radical (unpaired) electrons. The van der Waals surface area contributed by atoms with Crippen LogP contribution in [-0.2, 0) is 7.05 Å². The summed E-state index contributed by atoms with van der Waals surface area (Å²) in [6.45, 7) is 0. The molecule has 4 rings (SSSR count). The van der Waals surface area contributed by atoms with E-state index in [0.717, 1.165) is 12.8 Å². The van der Waals surface area contributed by atoms with E-state index in [2.05, 4.69) is 15.2 Å². The summed E-state index contributed by atoms with van der Waals surface area (Å²) in [5, 5.41) is 0.478. The number of fused-ring (bicyclic) bond motifs is 1. The van der Waals surface area contributed by atoms with Crippen LogP contribution in [0.2, 0.25) is 0 Å². The molecule has 1 aliphatic carbocycles. The van der Waals surface area contributed by atoms with Gasteiger partial charge in [0.15, 0.2) is 0 Å².